The molecule has 0 bridgehead atoms. The number of hydroxylamine groups is 2. The molecule has 1 saturated heterocycles. The normalized spacial score (nSPS) is 23.3. The van der Waals surface area contributed by atoms with Crippen LogP contribution in [0.1, 0.15) is 0 Å². The van der Waals surface area contributed by atoms with Crippen LogP contribution in [0.15, 0.2) is 18.2 Å². The third kappa shape index (κ3) is 2.40. The van der Waals surface area contributed by atoms with Crippen LogP contribution in [-0.4, -0.2) is 35.3 Å². The van der Waals surface area contributed by atoms with Gasteiger partial charge in [-0.25, -0.2) is 13.6 Å². The molecule has 2 rings (SSSR count). The zero-order valence-electron chi connectivity index (χ0n) is 9.76. The third-order valence-corrected chi connectivity index (χ3v) is 2.65. The standard InChI is InChI=1S/C11H10F2N2O4/c1-15-10(17)7(11(18)19-15)9(16)14-6-4-2-3-5(12)8(6)13/h2-4,7,10,17H,1H3,(H,14,16). The van der Waals surface area contributed by atoms with E-state index in [1.54, 1.807) is 0 Å². The highest BCUT2D eigenvalue weighted by molar-refractivity contribution is 6.05. The molecule has 1 fully saturated rings. The minimum atomic E-state index is -1.52. The first-order valence-corrected chi connectivity index (χ1v) is 5.29. The van der Waals surface area contributed by atoms with Gasteiger partial charge in [-0.05, 0) is 12.1 Å². The van der Waals surface area contributed by atoms with Crippen molar-refractivity contribution in [3.05, 3.63) is 29.8 Å². The average molecular weight is 272 g/mol. The largest absolute Gasteiger partial charge is 0.374 e. The SMILES string of the molecule is CN1OC(=O)C(C(=O)Nc2cccc(F)c2F)C1O. The Morgan fingerprint density at radius 2 is 2.16 bits per heavy atom. The highest BCUT2D eigenvalue weighted by atomic mass is 19.2. The lowest BCUT2D eigenvalue weighted by molar-refractivity contribution is -0.183. The Morgan fingerprint density at radius 1 is 1.47 bits per heavy atom. The van der Waals surface area contributed by atoms with Gasteiger partial charge in [0, 0.05) is 7.05 Å². The summed E-state index contributed by atoms with van der Waals surface area (Å²) in [6.07, 6.45) is -1.48. The summed E-state index contributed by atoms with van der Waals surface area (Å²) < 4.78 is 26.3. The highest BCUT2D eigenvalue weighted by Crippen LogP contribution is 2.22. The molecule has 1 amide bonds. The van der Waals surface area contributed by atoms with E-state index in [2.05, 4.69) is 4.84 Å². The van der Waals surface area contributed by atoms with Crippen LogP contribution in [0.5, 0.6) is 0 Å². The van der Waals surface area contributed by atoms with Crippen molar-refractivity contribution in [2.24, 2.45) is 5.92 Å². The summed E-state index contributed by atoms with van der Waals surface area (Å²) in [5.74, 6) is -5.85. The molecule has 0 aromatic heterocycles. The second-order valence-electron chi connectivity index (χ2n) is 3.94. The van der Waals surface area contributed by atoms with E-state index in [0.29, 0.717) is 0 Å². The van der Waals surface area contributed by atoms with Crippen molar-refractivity contribution in [2.45, 2.75) is 6.23 Å². The Bertz CT molecular complexity index is 537. The van der Waals surface area contributed by atoms with Crippen molar-refractivity contribution < 1.29 is 28.3 Å². The predicted octanol–water partition coefficient (Wildman–Crippen LogP) is 0.241. The highest BCUT2D eigenvalue weighted by Gasteiger charge is 2.45. The molecular formula is C11H10F2N2O4. The van der Waals surface area contributed by atoms with Crippen molar-refractivity contribution in [3.63, 3.8) is 0 Å². The van der Waals surface area contributed by atoms with Crippen LogP contribution in [0.3, 0.4) is 0 Å². The fourth-order valence-electron chi connectivity index (χ4n) is 1.64. The van der Waals surface area contributed by atoms with E-state index < -0.39 is 41.3 Å². The maximum atomic E-state index is 13.3. The van der Waals surface area contributed by atoms with E-state index in [1.165, 1.54) is 13.1 Å². The van der Waals surface area contributed by atoms with E-state index in [9.17, 15) is 23.5 Å². The summed E-state index contributed by atoms with van der Waals surface area (Å²) in [6, 6.07) is 3.22. The Kier molecular flexibility index (Phi) is 3.45. The Labute approximate surface area is 106 Å². The lowest BCUT2D eigenvalue weighted by atomic mass is 10.1. The van der Waals surface area contributed by atoms with E-state index in [0.717, 1.165) is 17.2 Å². The number of amides is 1. The van der Waals surface area contributed by atoms with Crippen LogP contribution < -0.4 is 5.32 Å². The number of aliphatic hydroxyl groups is 1. The van der Waals surface area contributed by atoms with Gasteiger partial charge in [-0.1, -0.05) is 6.07 Å². The first-order chi connectivity index (χ1) is 8.91. The fraction of sp³-hybridized carbons (Fsp3) is 0.273. The van der Waals surface area contributed by atoms with Gasteiger partial charge in [0.1, 0.15) is 0 Å². The zero-order valence-corrected chi connectivity index (χ0v) is 9.76. The maximum absolute atomic E-state index is 13.3. The number of hydrogen-bond acceptors (Lipinski definition) is 5. The van der Waals surface area contributed by atoms with Crippen molar-refractivity contribution in [2.75, 3.05) is 12.4 Å². The number of rotatable bonds is 2. The minimum Gasteiger partial charge on any atom is -0.374 e. The fourth-order valence-corrected chi connectivity index (χ4v) is 1.64. The van der Waals surface area contributed by atoms with Gasteiger partial charge in [-0.2, -0.15) is 0 Å². The number of benzene rings is 1. The van der Waals surface area contributed by atoms with Crippen LogP contribution in [0, 0.1) is 17.6 Å². The van der Waals surface area contributed by atoms with Crippen LogP contribution in [0.4, 0.5) is 14.5 Å². The van der Waals surface area contributed by atoms with Gasteiger partial charge in [-0.3, -0.25) is 4.79 Å². The van der Waals surface area contributed by atoms with E-state index in [4.69, 9.17) is 0 Å². The van der Waals surface area contributed by atoms with Crippen LogP contribution >= 0.6 is 0 Å². The average Bonchev–Trinajstić information content (AvgIpc) is 2.59. The van der Waals surface area contributed by atoms with Gasteiger partial charge in [0.2, 0.25) is 5.91 Å². The molecule has 2 unspecified atom stereocenters. The number of aliphatic hydroxyl groups excluding tert-OH is 1. The van der Waals surface area contributed by atoms with Gasteiger partial charge in [0.15, 0.2) is 23.8 Å². The third-order valence-electron chi connectivity index (χ3n) is 2.65. The summed E-state index contributed by atoms with van der Waals surface area (Å²) in [5, 5.41) is 12.4. The maximum Gasteiger partial charge on any atom is 0.341 e. The van der Waals surface area contributed by atoms with Crippen molar-refractivity contribution in [1.29, 1.82) is 0 Å². The Hall–Kier alpha value is -2.06. The van der Waals surface area contributed by atoms with Gasteiger partial charge in [0.25, 0.3) is 0 Å². The molecule has 1 heterocycles. The molecule has 6 nitrogen and oxygen atoms in total. The molecule has 1 aromatic carbocycles. The van der Waals surface area contributed by atoms with Gasteiger partial charge in [-0.15, -0.1) is 5.06 Å². The summed E-state index contributed by atoms with van der Waals surface area (Å²) in [7, 11) is 1.26. The molecule has 19 heavy (non-hydrogen) atoms. The lowest BCUT2D eigenvalue weighted by Crippen LogP contribution is -2.37. The number of halogens is 2. The molecule has 0 aliphatic carbocycles. The topological polar surface area (TPSA) is 78.9 Å². The number of anilines is 1. The lowest BCUT2D eigenvalue weighted by Gasteiger charge is -2.13. The van der Waals surface area contributed by atoms with Gasteiger partial charge >= 0.3 is 5.97 Å². The quantitative estimate of drug-likeness (QED) is 0.754. The Balaban J connectivity index is 2.18. The molecule has 0 saturated carbocycles. The zero-order chi connectivity index (χ0) is 14.2. The first-order valence-electron chi connectivity index (χ1n) is 5.29. The van der Waals surface area contributed by atoms with Crippen molar-refractivity contribution in [1.82, 2.24) is 5.06 Å². The second kappa shape index (κ2) is 4.90. The molecule has 102 valence electrons. The van der Waals surface area contributed by atoms with Crippen molar-refractivity contribution >= 4 is 17.6 Å². The monoisotopic (exact) mass is 272 g/mol. The molecule has 2 N–H and O–H groups in total. The number of carbonyl (C=O) groups excluding carboxylic acids is 2. The summed E-state index contributed by atoms with van der Waals surface area (Å²) in [4.78, 5) is 27.6. The van der Waals surface area contributed by atoms with E-state index >= 15 is 0 Å². The molecule has 0 spiro atoms. The van der Waals surface area contributed by atoms with Crippen molar-refractivity contribution in [3.8, 4) is 0 Å². The van der Waals surface area contributed by atoms with Crippen LogP contribution in [0.2, 0.25) is 0 Å². The summed E-state index contributed by atoms with van der Waals surface area (Å²) in [6.45, 7) is 0. The van der Waals surface area contributed by atoms with Gasteiger partial charge in [0.05, 0.1) is 5.69 Å². The molecule has 1 aliphatic rings. The van der Waals surface area contributed by atoms with E-state index in [1.807, 2.05) is 5.32 Å². The van der Waals surface area contributed by atoms with Crippen LogP contribution in [-0.2, 0) is 14.4 Å². The summed E-state index contributed by atoms with van der Waals surface area (Å²) in [5.41, 5.74) is -0.417. The number of nitrogens with zero attached hydrogens (tertiary/aromatic N) is 1. The molecule has 1 aromatic rings. The Morgan fingerprint density at radius 3 is 2.74 bits per heavy atom. The van der Waals surface area contributed by atoms with Crippen LogP contribution in [0.25, 0.3) is 0 Å². The minimum absolute atomic E-state index is 0.417. The number of hydrogen-bond donors (Lipinski definition) is 2. The molecule has 2 atom stereocenters. The molecule has 8 heteroatoms. The molecule has 0 radical (unpaired) electrons. The van der Waals surface area contributed by atoms with Gasteiger partial charge < -0.3 is 15.3 Å². The smallest absolute Gasteiger partial charge is 0.341 e. The number of carbonyl (C=O) groups is 2. The van der Waals surface area contributed by atoms with E-state index in [-0.39, 0.29) is 0 Å². The second-order valence-corrected chi connectivity index (χ2v) is 3.94. The first kappa shape index (κ1) is 13.4. The number of nitrogens with one attached hydrogen (secondary N) is 1. The summed E-state index contributed by atoms with van der Waals surface area (Å²) >= 11 is 0. The molecule has 1 aliphatic heterocycles. The predicted molar refractivity (Wildman–Crippen MR) is 58.3 cm³/mol. The molecular weight excluding hydrogens is 262 g/mol.